The Hall–Kier alpha value is -2.24. The van der Waals surface area contributed by atoms with Gasteiger partial charge in [0.05, 0.1) is 12.7 Å². The summed E-state index contributed by atoms with van der Waals surface area (Å²) in [5.74, 6) is 0.743. The molecule has 0 N–H and O–H groups in total. The monoisotopic (exact) mass is 339 g/mol. The van der Waals surface area contributed by atoms with E-state index in [9.17, 15) is 4.79 Å². The van der Waals surface area contributed by atoms with Crippen molar-refractivity contribution in [1.82, 2.24) is 24.9 Å². The van der Waals surface area contributed by atoms with Gasteiger partial charge in [-0.1, -0.05) is 30.5 Å². The van der Waals surface area contributed by atoms with Crippen molar-refractivity contribution < 1.29 is 4.79 Å². The second-order valence-electron chi connectivity index (χ2n) is 7.36. The van der Waals surface area contributed by atoms with Crippen LogP contribution in [0.25, 0.3) is 0 Å². The molecule has 0 unspecified atom stereocenters. The van der Waals surface area contributed by atoms with Gasteiger partial charge in [-0.25, -0.2) is 4.68 Å². The lowest BCUT2D eigenvalue weighted by Gasteiger charge is -2.34. The van der Waals surface area contributed by atoms with E-state index < -0.39 is 0 Å². The molecule has 1 amide bonds. The van der Waals surface area contributed by atoms with Gasteiger partial charge in [-0.05, 0) is 43.2 Å². The molecule has 132 valence electrons. The van der Waals surface area contributed by atoms with Gasteiger partial charge in [-0.3, -0.25) is 9.78 Å². The number of carbonyl (C=O) groups is 1. The summed E-state index contributed by atoms with van der Waals surface area (Å²) in [5, 5.41) is 8.30. The van der Waals surface area contributed by atoms with Crippen LogP contribution < -0.4 is 0 Å². The van der Waals surface area contributed by atoms with E-state index in [-0.39, 0.29) is 5.91 Å². The Balaban J connectivity index is 1.47. The van der Waals surface area contributed by atoms with E-state index in [0.29, 0.717) is 24.2 Å². The Bertz CT molecular complexity index is 704. The summed E-state index contributed by atoms with van der Waals surface area (Å²) in [6.07, 6.45) is 13.9. The predicted octanol–water partition coefficient (Wildman–Crippen LogP) is 2.91. The van der Waals surface area contributed by atoms with Crippen LogP contribution in [0.15, 0.2) is 30.7 Å². The number of nitrogens with zero attached hydrogens (tertiary/aromatic N) is 5. The van der Waals surface area contributed by atoms with E-state index in [0.717, 1.165) is 24.9 Å². The first kappa shape index (κ1) is 16.2. The van der Waals surface area contributed by atoms with Gasteiger partial charge < -0.3 is 4.90 Å². The third-order valence-electron chi connectivity index (χ3n) is 5.25. The zero-order valence-electron chi connectivity index (χ0n) is 14.5. The fourth-order valence-corrected chi connectivity index (χ4v) is 3.67. The number of hydrogen-bond acceptors (Lipinski definition) is 4. The van der Waals surface area contributed by atoms with Crippen LogP contribution in [0.4, 0.5) is 0 Å². The second kappa shape index (κ2) is 7.33. The van der Waals surface area contributed by atoms with E-state index in [1.165, 1.54) is 32.1 Å². The molecule has 0 aliphatic heterocycles. The van der Waals surface area contributed by atoms with Crippen LogP contribution >= 0.6 is 0 Å². The van der Waals surface area contributed by atoms with Crippen LogP contribution in [0.5, 0.6) is 0 Å². The predicted molar refractivity (Wildman–Crippen MR) is 94.0 cm³/mol. The molecule has 0 spiro atoms. The average Bonchev–Trinajstić information content (AvgIpc) is 3.37. The Labute approximate surface area is 148 Å². The molecule has 4 rings (SSSR count). The lowest BCUT2D eigenvalue weighted by Crippen LogP contribution is -2.42. The van der Waals surface area contributed by atoms with Gasteiger partial charge in [0, 0.05) is 25.0 Å². The van der Waals surface area contributed by atoms with Crippen molar-refractivity contribution in [2.24, 2.45) is 5.92 Å². The van der Waals surface area contributed by atoms with Crippen molar-refractivity contribution in [3.8, 4) is 0 Å². The Kier molecular flexibility index (Phi) is 4.76. The molecule has 2 heterocycles. The number of carbonyl (C=O) groups excluding carboxylic acids is 1. The van der Waals surface area contributed by atoms with Crippen LogP contribution in [-0.4, -0.2) is 43.4 Å². The third-order valence-corrected chi connectivity index (χ3v) is 5.25. The molecule has 0 aromatic carbocycles. The molecular weight excluding hydrogens is 314 g/mol. The van der Waals surface area contributed by atoms with Crippen LogP contribution in [0.1, 0.15) is 61.0 Å². The first-order chi connectivity index (χ1) is 12.3. The molecule has 0 bridgehead atoms. The van der Waals surface area contributed by atoms with Crippen LogP contribution in [-0.2, 0) is 6.54 Å². The Morgan fingerprint density at radius 2 is 2.04 bits per heavy atom. The fraction of sp³-hybridized carbons (Fsp3) is 0.579. The molecule has 0 atom stereocenters. The molecule has 2 fully saturated rings. The normalized spacial score (nSPS) is 18.2. The van der Waals surface area contributed by atoms with Crippen molar-refractivity contribution in [3.05, 3.63) is 42.0 Å². The SMILES string of the molecule is O=C(c1cn(Cc2cccnc2)nn1)N(CC1CC1)C1CCCCC1. The summed E-state index contributed by atoms with van der Waals surface area (Å²) in [6.45, 7) is 1.47. The summed E-state index contributed by atoms with van der Waals surface area (Å²) in [5.41, 5.74) is 1.52. The summed E-state index contributed by atoms with van der Waals surface area (Å²) >= 11 is 0. The third kappa shape index (κ3) is 4.06. The second-order valence-corrected chi connectivity index (χ2v) is 7.36. The lowest BCUT2D eigenvalue weighted by atomic mass is 9.93. The topological polar surface area (TPSA) is 63.9 Å². The highest BCUT2D eigenvalue weighted by molar-refractivity contribution is 5.92. The van der Waals surface area contributed by atoms with Gasteiger partial charge in [0.1, 0.15) is 0 Å². The highest BCUT2D eigenvalue weighted by Gasteiger charge is 2.33. The van der Waals surface area contributed by atoms with E-state index in [1.807, 2.05) is 18.3 Å². The first-order valence-electron chi connectivity index (χ1n) is 9.39. The van der Waals surface area contributed by atoms with Gasteiger partial charge in [0.15, 0.2) is 5.69 Å². The van der Waals surface area contributed by atoms with Crippen molar-refractivity contribution >= 4 is 5.91 Å². The maximum Gasteiger partial charge on any atom is 0.276 e. The average molecular weight is 339 g/mol. The molecular formula is C19H25N5O. The van der Waals surface area contributed by atoms with Gasteiger partial charge in [0.2, 0.25) is 0 Å². The molecule has 2 aromatic heterocycles. The molecule has 6 nitrogen and oxygen atoms in total. The molecule has 0 radical (unpaired) electrons. The zero-order chi connectivity index (χ0) is 17.1. The van der Waals surface area contributed by atoms with Crippen molar-refractivity contribution in [2.75, 3.05) is 6.54 Å². The van der Waals surface area contributed by atoms with E-state index in [2.05, 4.69) is 20.2 Å². The molecule has 2 saturated carbocycles. The molecule has 2 aliphatic carbocycles. The zero-order valence-corrected chi connectivity index (χ0v) is 14.5. The summed E-state index contributed by atoms with van der Waals surface area (Å²) in [7, 11) is 0. The highest BCUT2D eigenvalue weighted by Crippen LogP contribution is 2.33. The maximum absolute atomic E-state index is 13.1. The minimum Gasteiger partial charge on any atom is -0.334 e. The number of hydrogen-bond donors (Lipinski definition) is 0. The number of rotatable bonds is 6. The quantitative estimate of drug-likeness (QED) is 0.812. The van der Waals surface area contributed by atoms with Crippen molar-refractivity contribution in [1.29, 1.82) is 0 Å². The molecule has 2 aromatic rings. The van der Waals surface area contributed by atoms with E-state index in [4.69, 9.17) is 0 Å². The number of aromatic nitrogens is 4. The van der Waals surface area contributed by atoms with E-state index >= 15 is 0 Å². The van der Waals surface area contributed by atoms with Crippen molar-refractivity contribution in [3.63, 3.8) is 0 Å². The largest absolute Gasteiger partial charge is 0.334 e. The van der Waals surface area contributed by atoms with Gasteiger partial charge in [-0.15, -0.1) is 5.10 Å². The van der Waals surface area contributed by atoms with E-state index in [1.54, 1.807) is 17.1 Å². The van der Waals surface area contributed by atoms with Crippen LogP contribution in [0.3, 0.4) is 0 Å². The number of amides is 1. The minimum absolute atomic E-state index is 0.0521. The lowest BCUT2D eigenvalue weighted by molar-refractivity contribution is 0.0616. The standard InChI is InChI=1S/C19H25N5O/c25-19(24(13-15-8-9-15)17-6-2-1-3-7-17)18-14-23(22-21-18)12-16-5-4-10-20-11-16/h4-5,10-11,14-15,17H,1-3,6-9,12-13H2. The molecule has 0 saturated heterocycles. The maximum atomic E-state index is 13.1. The molecule has 25 heavy (non-hydrogen) atoms. The van der Waals surface area contributed by atoms with Crippen molar-refractivity contribution in [2.45, 2.75) is 57.5 Å². The van der Waals surface area contributed by atoms with Gasteiger partial charge >= 0.3 is 0 Å². The summed E-state index contributed by atoms with van der Waals surface area (Å²) in [4.78, 5) is 19.3. The first-order valence-corrected chi connectivity index (χ1v) is 9.39. The smallest absolute Gasteiger partial charge is 0.276 e. The Morgan fingerprint density at radius 3 is 2.76 bits per heavy atom. The molecule has 2 aliphatic rings. The molecule has 6 heteroatoms. The van der Waals surface area contributed by atoms with Gasteiger partial charge in [0.25, 0.3) is 5.91 Å². The van der Waals surface area contributed by atoms with Crippen LogP contribution in [0, 0.1) is 5.92 Å². The summed E-state index contributed by atoms with van der Waals surface area (Å²) < 4.78 is 1.72. The number of pyridine rings is 1. The highest BCUT2D eigenvalue weighted by atomic mass is 16.2. The minimum atomic E-state index is 0.0521. The van der Waals surface area contributed by atoms with Crippen LogP contribution in [0.2, 0.25) is 0 Å². The Morgan fingerprint density at radius 1 is 1.20 bits per heavy atom. The summed E-state index contributed by atoms with van der Waals surface area (Å²) in [6, 6.07) is 4.28. The fourth-order valence-electron chi connectivity index (χ4n) is 3.67. The van der Waals surface area contributed by atoms with Gasteiger partial charge in [-0.2, -0.15) is 0 Å².